The smallest absolute Gasteiger partial charge is 0.225 e. The molecule has 0 unspecified atom stereocenters. The van der Waals surface area contributed by atoms with Crippen molar-refractivity contribution in [2.75, 3.05) is 24.7 Å². The van der Waals surface area contributed by atoms with Crippen LogP contribution in [0.3, 0.4) is 0 Å². The van der Waals surface area contributed by atoms with Gasteiger partial charge in [0, 0.05) is 12.6 Å². The molecule has 0 aliphatic heterocycles. The predicted octanol–water partition coefficient (Wildman–Crippen LogP) is 2.16. The molecule has 0 bridgehead atoms. The Morgan fingerprint density at radius 3 is 2.39 bits per heavy atom. The van der Waals surface area contributed by atoms with E-state index in [0.717, 1.165) is 12.4 Å². The third-order valence-electron chi connectivity index (χ3n) is 4.74. The molecular weight excluding hydrogens is 228 g/mol. The minimum absolute atomic E-state index is 0.228. The van der Waals surface area contributed by atoms with Gasteiger partial charge in [0.05, 0.1) is 7.11 Å². The van der Waals surface area contributed by atoms with Crippen molar-refractivity contribution in [3.8, 4) is 5.88 Å². The average Bonchev–Trinajstić information content (AvgIpc) is 2.66. The number of hydrogen-bond acceptors (Lipinski definition) is 5. The molecule has 1 fully saturated rings. The highest BCUT2D eigenvalue weighted by molar-refractivity contribution is 5.43. The Bertz CT molecular complexity index is 442. The quantitative estimate of drug-likeness (QED) is 0.856. The van der Waals surface area contributed by atoms with Crippen molar-refractivity contribution in [1.82, 2.24) is 9.97 Å². The molecule has 3 N–H and O–H groups in total. The number of anilines is 2. The highest BCUT2D eigenvalue weighted by Crippen LogP contribution is 2.68. The zero-order valence-electron chi connectivity index (χ0n) is 11.7. The number of nitrogen functional groups attached to an aromatic ring is 1. The first-order valence-corrected chi connectivity index (χ1v) is 6.21. The summed E-state index contributed by atoms with van der Waals surface area (Å²) in [5, 5.41) is 3.32. The van der Waals surface area contributed by atoms with Crippen LogP contribution in [0.5, 0.6) is 5.88 Å². The molecule has 0 atom stereocenters. The van der Waals surface area contributed by atoms with Gasteiger partial charge in [-0.1, -0.05) is 27.7 Å². The first-order chi connectivity index (χ1) is 8.29. The second kappa shape index (κ2) is 4.00. The average molecular weight is 250 g/mol. The van der Waals surface area contributed by atoms with Gasteiger partial charge in [0.15, 0.2) is 0 Å². The van der Waals surface area contributed by atoms with Crippen LogP contribution in [-0.2, 0) is 0 Å². The summed E-state index contributed by atoms with van der Waals surface area (Å²) in [5.41, 5.74) is 6.35. The summed E-state index contributed by atoms with van der Waals surface area (Å²) in [6.07, 6.45) is 0. The van der Waals surface area contributed by atoms with Crippen LogP contribution in [0, 0.1) is 16.7 Å². The van der Waals surface area contributed by atoms with Crippen LogP contribution in [0.2, 0.25) is 0 Å². The minimum Gasteiger partial charge on any atom is -0.481 e. The molecule has 0 aromatic carbocycles. The van der Waals surface area contributed by atoms with Gasteiger partial charge < -0.3 is 15.8 Å². The van der Waals surface area contributed by atoms with Gasteiger partial charge in [0.2, 0.25) is 11.8 Å². The summed E-state index contributed by atoms with van der Waals surface area (Å²) < 4.78 is 5.07. The lowest BCUT2D eigenvalue weighted by Crippen LogP contribution is -2.10. The first kappa shape index (κ1) is 12.9. The molecule has 100 valence electrons. The van der Waals surface area contributed by atoms with Crippen molar-refractivity contribution in [2.45, 2.75) is 27.7 Å². The van der Waals surface area contributed by atoms with Gasteiger partial charge in [-0.25, -0.2) is 0 Å². The fourth-order valence-corrected chi connectivity index (χ4v) is 2.69. The number of hydrogen-bond donors (Lipinski definition) is 2. The van der Waals surface area contributed by atoms with Crippen LogP contribution in [0.15, 0.2) is 6.07 Å². The third kappa shape index (κ3) is 1.98. The van der Waals surface area contributed by atoms with Crippen LogP contribution < -0.4 is 15.8 Å². The number of methoxy groups -OCH3 is 1. The minimum atomic E-state index is 0.228. The van der Waals surface area contributed by atoms with E-state index in [1.165, 1.54) is 0 Å². The summed E-state index contributed by atoms with van der Waals surface area (Å²) in [5.74, 6) is 2.07. The molecule has 0 saturated heterocycles. The van der Waals surface area contributed by atoms with E-state index in [1.54, 1.807) is 13.2 Å². The zero-order valence-corrected chi connectivity index (χ0v) is 11.7. The summed E-state index contributed by atoms with van der Waals surface area (Å²) in [6.45, 7) is 10.1. The zero-order chi connectivity index (χ0) is 13.6. The molecule has 0 amide bonds. The van der Waals surface area contributed by atoms with Crippen LogP contribution >= 0.6 is 0 Å². The Labute approximate surface area is 108 Å². The highest BCUT2D eigenvalue weighted by Gasteiger charge is 2.64. The van der Waals surface area contributed by atoms with E-state index in [2.05, 4.69) is 43.0 Å². The third-order valence-corrected chi connectivity index (χ3v) is 4.74. The van der Waals surface area contributed by atoms with Crippen molar-refractivity contribution in [2.24, 2.45) is 16.7 Å². The van der Waals surface area contributed by atoms with Crippen molar-refractivity contribution in [3.63, 3.8) is 0 Å². The monoisotopic (exact) mass is 250 g/mol. The number of nitrogens with zero attached hydrogens (tertiary/aromatic N) is 2. The lowest BCUT2D eigenvalue weighted by Gasteiger charge is -2.08. The lowest BCUT2D eigenvalue weighted by atomic mass is 10.0. The molecule has 0 radical (unpaired) electrons. The van der Waals surface area contributed by atoms with Gasteiger partial charge in [-0.15, -0.1) is 0 Å². The molecule has 1 aromatic rings. The van der Waals surface area contributed by atoms with Crippen molar-refractivity contribution >= 4 is 11.8 Å². The molecule has 18 heavy (non-hydrogen) atoms. The maximum Gasteiger partial charge on any atom is 0.225 e. The van der Waals surface area contributed by atoms with E-state index in [9.17, 15) is 0 Å². The van der Waals surface area contributed by atoms with Crippen LogP contribution in [0.25, 0.3) is 0 Å². The van der Waals surface area contributed by atoms with Gasteiger partial charge in [0.1, 0.15) is 5.82 Å². The number of ether oxygens (including phenoxy) is 1. The first-order valence-electron chi connectivity index (χ1n) is 6.21. The Kier molecular flexibility index (Phi) is 2.87. The van der Waals surface area contributed by atoms with Crippen molar-refractivity contribution < 1.29 is 4.74 Å². The maximum absolute atomic E-state index is 5.62. The second-order valence-electron chi connectivity index (χ2n) is 6.03. The molecule has 1 aliphatic carbocycles. The normalized spacial score (nSPS) is 20.5. The lowest BCUT2D eigenvalue weighted by molar-refractivity contribution is 0.398. The Hall–Kier alpha value is -1.52. The number of nitrogens with two attached hydrogens (primary N) is 1. The van der Waals surface area contributed by atoms with Gasteiger partial charge in [-0.2, -0.15) is 9.97 Å². The fraction of sp³-hybridized carbons (Fsp3) is 0.692. The van der Waals surface area contributed by atoms with Crippen LogP contribution in [-0.4, -0.2) is 23.6 Å². The van der Waals surface area contributed by atoms with E-state index < -0.39 is 0 Å². The standard InChI is InChI=1S/C13H22N4O/c1-12(2)8(13(12,3)4)7-15-9-6-10(18-5)17-11(14)16-9/h6,8H,7H2,1-5H3,(H3,14,15,16,17). The maximum atomic E-state index is 5.62. The second-order valence-corrected chi connectivity index (χ2v) is 6.03. The largest absolute Gasteiger partial charge is 0.481 e. The molecule has 5 nitrogen and oxygen atoms in total. The number of rotatable bonds is 4. The molecule has 1 heterocycles. The Morgan fingerprint density at radius 2 is 1.89 bits per heavy atom. The molecule has 1 aliphatic rings. The molecule has 1 aromatic heterocycles. The molecule has 5 heteroatoms. The summed E-state index contributed by atoms with van der Waals surface area (Å²) >= 11 is 0. The van der Waals surface area contributed by atoms with Gasteiger partial charge in [-0.3, -0.25) is 0 Å². The van der Waals surface area contributed by atoms with E-state index in [1.807, 2.05) is 0 Å². The summed E-state index contributed by atoms with van der Waals surface area (Å²) in [7, 11) is 1.57. The topological polar surface area (TPSA) is 73.1 Å². The molecule has 0 spiro atoms. The van der Waals surface area contributed by atoms with Crippen LogP contribution in [0.1, 0.15) is 27.7 Å². The van der Waals surface area contributed by atoms with E-state index >= 15 is 0 Å². The Balaban J connectivity index is 2.02. The van der Waals surface area contributed by atoms with E-state index in [-0.39, 0.29) is 5.95 Å². The molecule has 1 saturated carbocycles. The SMILES string of the molecule is COc1cc(NCC2C(C)(C)C2(C)C)nc(N)n1. The van der Waals surface area contributed by atoms with Gasteiger partial charge in [-0.05, 0) is 16.7 Å². The molecular formula is C13H22N4O. The number of aromatic nitrogens is 2. The van der Waals surface area contributed by atoms with Crippen molar-refractivity contribution in [1.29, 1.82) is 0 Å². The van der Waals surface area contributed by atoms with Crippen molar-refractivity contribution in [3.05, 3.63) is 6.07 Å². The van der Waals surface area contributed by atoms with Crippen LogP contribution in [0.4, 0.5) is 11.8 Å². The van der Waals surface area contributed by atoms with E-state index in [0.29, 0.717) is 22.6 Å². The molecule has 2 rings (SSSR count). The summed E-state index contributed by atoms with van der Waals surface area (Å²) in [6, 6.07) is 1.76. The fourth-order valence-electron chi connectivity index (χ4n) is 2.69. The predicted molar refractivity (Wildman–Crippen MR) is 72.5 cm³/mol. The van der Waals surface area contributed by atoms with E-state index in [4.69, 9.17) is 10.5 Å². The van der Waals surface area contributed by atoms with Gasteiger partial charge >= 0.3 is 0 Å². The number of nitrogens with one attached hydrogen (secondary N) is 1. The van der Waals surface area contributed by atoms with Gasteiger partial charge in [0.25, 0.3) is 0 Å². The highest BCUT2D eigenvalue weighted by atomic mass is 16.5. The summed E-state index contributed by atoms with van der Waals surface area (Å²) in [4.78, 5) is 8.11. The Morgan fingerprint density at radius 1 is 1.28 bits per heavy atom.